The van der Waals surface area contributed by atoms with Crippen LogP contribution in [0, 0.1) is 0 Å². The van der Waals surface area contributed by atoms with Crippen molar-refractivity contribution in [1.82, 2.24) is 4.98 Å². The van der Waals surface area contributed by atoms with Crippen LogP contribution < -0.4 is 4.57 Å². The van der Waals surface area contributed by atoms with E-state index in [1.807, 2.05) is 42.2 Å². The minimum Gasteiger partial charge on any atom is -0.461 e. The lowest BCUT2D eigenvalue weighted by Gasteiger charge is -2.02. The summed E-state index contributed by atoms with van der Waals surface area (Å²) in [6, 6.07) is 8.04. The molecule has 0 N–H and O–H groups in total. The van der Waals surface area contributed by atoms with Crippen molar-refractivity contribution in [1.29, 1.82) is 0 Å². The van der Waals surface area contributed by atoms with E-state index in [0.717, 1.165) is 12.8 Å². The molecule has 2 rings (SSSR count). The zero-order chi connectivity index (χ0) is 14.2. The molecule has 4 heteroatoms. The quantitative estimate of drug-likeness (QED) is 0.593. The number of nitrogens with zero attached hydrogens (tertiary/aromatic N) is 2. The summed E-state index contributed by atoms with van der Waals surface area (Å²) in [5.74, 6) is -0.207. The van der Waals surface area contributed by atoms with Gasteiger partial charge in [-0.1, -0.05) is 6.07 Å². The second-order valence-electron chi connectivity index (χ2n) is 4.55. The van der Waals surface area contributed by atoms with Gasteiger partial charge in [0, 0.05) is 24.0 Å². The fourth-order valence-corrected chi connectivity index (χ4v) is 2.01. The van der Waals surface area contributed by atoms with Crippen LogP contribution in [0.15, 0.2) is 49.1 Å². The lowest BCUT2D eigenvalue weighted by molar-refractivity contribution is -0.686. The molecule has 0 bridgehead atoms. The van der Waals surface area contributed by atoms with Gasteiger partial charge in [0.2, 0.25) is 6.54 Å². The Kier molecular flexibility index (Phi) is 5.24. The van der Waals surface area contributed by atoms with Crippen molar-refractivity contribution in [3.05, 3.63) is 60.2 Å². The van der Waals surface area contributed by atoms with Crippen LogP contribution >= 0.6 is 0 Å². The molecule has 0 aliphatic rings. The van der Waals surface area contributed by atoms with Crippen LogP contribution in [0.25, 0.3) is 0 Å². The molecule has 2 heterocycles. The first kappa shape index (κ1) is 14.2. The number of pyridine rings is 2. The molecule has 2 aromatic heterocycles. The van der Waals surface area contributed by atoms with Crippen molar-refractivity contribution < 1.29 is 14.1 Å². The third-order valence-corrected chi connectivity index (χ3v) is 2.96. The van der Waals surface area contributed by atoms with Crippen molar-refractivity contribution in [3.8, 4) is 0 Å². The van der Waals surface area contributed by atoms with Crippen LogP contribution in [0.1, 0.15) is 18.1 Å². The first-order chi connectivity index (χ1) is 9.78. The van der Waals surface area contributed by atoms with E-state index in [1.54, 1.807) is 6.20 Å². The van der Waals surface area contributed by atoms with Crippen molar-refractivity contribution in [2.24, 2.45) is 0 Å². The van der Waals surface area contributed by atoms with Gasteiger partial charge < -0.3 is 4.74 Å². The van der Waals surface area contributed by atoms with Gasteiger partial charge in [0.05, 0.1) is 6.61 Å². The van der Waals surface area contributed by atoms with E-state index in [2.05, 4.69) is 17.1 Å². The van der Waals surface area contributed by atoms with Gasteiger partial charge in [-0.05, 0) is 37.5 Å². The summed E-state index contributed by atoms with van der Waals surface area (Å²) >= 11 is 0. The van der Waals surface area contributed by atoms with E-state index in [9.17, 15) is 4.79 Å². The Balaban J connectivity index is 1.94. The second-order valence-corrected chi connectivity index (χ2v) is 4.55. The maximum atomic E-state index is 11.5. The number of aryl methyl sites for hydroxylation is 2. The number of esters is 1. The van der Waals surface area contributed by atoms with E-state index in [-0.39, 0.29) is 12.5 Å². The lowest BCUT2D eigenvalue weighted by Crippen LogP contribution is -2.38. The fraction of sp³-hybridized carbons (Fsp3) is 0.312. The molecule has 0 fully saturated rings. The molecule has 0 aliphatic heterocycles. The van der Waals surface area contributed by atoms with Gasteiger partial charge in [-0.3, -0.25) is 4.98 Å². The molecular weight excluding hydrogens is 252 g/mol. The Bertz CT molecular complexity index is 555. The Morgan fingerprint density at radius 1 is 1.25 bits per heavy atom. The van der Waals surface area contributed by atoms with Crippen LogP contribution in [0.3, 0.4) is 0 Å². The van der Waals surface area contributed by atoms with Gasteiger partial charge >= 0.3 is 5.97 Å². The van der Waals surface area contributed by atoms with Gasteiger partial charge in [-0.15, -0.1) is 0 Å². The van der Waals surface area contributed by atoms with Gasteiger partial charge in [0.15, 0.2) is 12.4 Å². The molecular formula is C16H19N2O2+. The Hall–Kier alpha value is -2.23. The molecule has 20 heavy (non-hydrogen) atoms. The average molecular weight is 271 g/mol. The fourth-order valence-electron chi connectivity index (χ4n) is 2.01. The van der Waals surface area contributed by atoms with E-state index >= 15 is 0 Å². The summed E-state index contributed by atoms with van der Waals surface area (Å²) in [6.45, 7) is 2.49. The molecule has 0 unspecified atom stereocenters. The zero-order valence-electron chi connectivity index (χ0n) is 11.7. The Morgan fingerprint density at radius 3 is 2.80 bits per heavy atom. The molecule has 0 radical (unpaired) electrons. The molecule has 0 spiro atoms. The smallest absolute Gasteiger partial charge is 0.372 e. The molecule has 104 valence electrons. The summed E-state index contributed by atoms with van der Waals surface area (Å²) in [6.07, 6.45) is 9.40. The number of hydrogen-bond donors (Lipinski definition) is 0. The number of hydrogen-bond acceptors (Lipinski definition) is 3. The summed E-state index contributed by atoms with van der Waals surface area (Å²) in [4.78, 5) is 15.6. The average Bonchev–Trinajstić information content (AvgIpc) is 2.47. The summed E-state index contributed by atoms with van der Waals surface area (Å²) < 4.78 is 6.80. The standard InChI is InChI=1S/C16H19N2O2/c1-2-20-16(19)13-18-10-4-6-15(12-18)8-7-14-5-3-9-17-11-14/h3-6,9-12H,2,7-8,13H2,1H3/q+1. The third-order valence-electron chi connectivity index (χ3n) is 2.96. The van der Waals surface area contributed by atoms with Crippen LogP contribution in [0.5, 0.6) is 0 Å². The summed E-state index contributed by atoms with van der Waals surface area (Å²) in [5.41, 5.74) is 2.41. The van der Waals surface area contributed by atoms with Gasteiger partial charge in [0.25, 0.3) is 0 Å². The summed E-state index contributed by atoms with van der Waals surface area (Å²) in [5, 5.41) is 0. The number of carbonyl (C=O) groups excluding carboxylic acids is 1. The third kappa shape index (κ3) is 4.46. The van der Waals surface area contributed by atoms with Crippen molar-refractivity contribution >= 4 is 5.97 Å². The van der Waals surface area contributed by atoms with Crippen LogP contribution in [0.2, 0.25) is 0 Å². The van der Waals surface area contributed by atoms with Crippen LogP contribution in [0.4, 0.5) is 0 Å². The van der Waals surface area contributed by atoms with Gasteiger partial charge in [-0.25, -0.2) is 4.79 Å². The SMILES string of the molecule is CCOC(=O)C[n+]1cccc(CCc2cccnc2)c1. The zero-order valence-corrected chi connectivity index (χ0v) is 11.7. The number of aromatic nitrogens is 2. The maximum absolute atomic E-state index is 11.5. The molecule has 0 aliphatic carbocycles. The highest BCUT2D eigenvalue weighted by Gasteiger charge is 2.10. The maximum Gasteiger partial charge on any atom is 0.372 e. The van der Waals surface area contributed by atoms with E-state index in [4.69, 9.17) is 4.74 Å². The molecule has 0 aromatic carbocycles. The minimum atomic E-state index is -0.207. The van der Waals surface area contributed by atoms with Crippen LogP contribution in [-0.2, 0) is 28.9 Å². The second kappa shape index (κ2) is 7.38. The van der Waals surface area contributed by atoms with Gasteiger partial charge in [0.1, 0.15) is 0 Å². The highest BCUT2D eigenvalue weighted by atomic mass is 16.5. The van der Waals surface area contributed by atoms with Crippen molar-refractivity contribution in [2.75, 3.05) is 6.61 Å². The minimum absolute atomic E-state index is 0.207. The molecule has 0 saturated heterocycles. The van der Waals surface area contributed by atoms with E-state index < -0.39 is 0 Å². The topological polar surface area (TPSA) is 43.1 Å². The monoisotopic (exact) mass is 271 g/mol. The number of rotatable bonds is 6. The Labute approximate surface area is 119 Å². The largest absolute Gasteiger partial charge is 0.461 e. The predicted octanol–water partition coefficient (Wildman–Crippen LogP) is 1.72. The number of ether oxygens (including phenoxy) is 1. The lowest BCUT2D eigenvalue weighted by atomic mass is 10.1. The van der Waals surface area contributed by atoms with Crippen molar-refractivity contribution in [2.45, 2.75) is 26.3 Å². The van der Waals surface area contributed by atoms with E-state index in [0.29, 0.717) is 6.61 Å². The molecule has 0 saturated carbocycles. The highest BCUT2D eigenvalue weighted by Crippen LogP contribution is 2.04. The predicted molar refractivity (Wildman–Crippen MR) is 74.9 cm³/mol. The first-order valence-corrected chi connectivity index (χ1v) is 6.80. The van der Waals surface area contributed by atoms with Gasteiger partial charge in [-0.2, -0.15) is 4.57 Å². The van der Waals surface area contributed by atoms with Crippen molar-refractivity contribution in [3.63, 3.8) is 0 Å². The number of carbonyl (C=O) groups is 1. The van der Waals surface area contributed by atoms with Crippen LogP contribution in [-0.4, -0.2) is 17.6 Å². The molecule has 2 aromatic rings. The normalized spacial score (nSPS) is 10.2. The highest BCUT2D eigenvalue weighted by molar-refractivity contribution is 5.67. The molecule has 0 atom stereocenters. The molecule has 4 nitrogen and oxygen atoms in total. The molecule has 0 amide bonds. The Morgan fingerprint density at radius 2 is 2.05 bits per heavy atom. The van der Waals surface area contributed by atoms with E-state index in [1.165, 1.54) is 11.1 Å². The summed E-state index contributed by atoms with van der Waals surface area (Å²) in [7, 11) is 0. The first-order valence-electron chi connectivity index (χ1n) is 6.80.